The predicted molar refractivity (Wildman–Crippen MR) is 69.4 cm³/mol. The molecule has 0 bridgehead atoms. The Kier molecular flexibility index (Phi) is 3.69. The lowest BCUT2D eigenvalue weighted by atomic mass is 10.1. The highest BCUT2D eigenvalue weighted by atomic mass is 16.3. The molecule has 1 aromatic carbocycles. The lowest BCUT2D eigenvalue weighted by Crippen LogP contribution is -2.40. The smallest absolute Gasteiger partial charge is 0.0635 e. The fourth-order valence-electron chi connectivity index (χ4n) is 2.73. The molecule has 2 N–H and O–H groups in total. The molecule has 2 atom stereocenters. The van der Waals surface area contributed by atoms with Gasteiger partial charge < -0.3 is 15.1 Å². The summed E-state index contributed by atoms with van der Waals surface area (Å²) in [4.78, 5) is 2.20. The molecule has 0 radical (unpaired) electrons. The summed E-state index contributed by atoms with van der Waals surface area (Å²) in [5, 5.41) is 18.9. The first-order valence-corrected chi connectivity index (χ1v) is 6.25. The van der Waals surface area contributed by atoms with Crippen molar-refractivity contribution in [1.82, 2.24) is 0 Å². The molecule has 94 valence electrons. The average molecular weight is 235 g/mol. The quantitative estimate of drug-likeness (QED) is 0.837. The summed E-state index contributed by atoms with van der Waals surface area (Å²) in [6.45, 7) is 4.51. The molecule has 1 aromatic rings. The molecule has 2 unspecified atom stereocenters. The Bertz CT molecular complexity index is 380. The SMILES string of the molecule is Cc1cccc(N2C(CO)CCC2CO)c1C. The van der Waals surface area contributed by atoms with E-state index in [1.807, 2.05) is 6.07 Å². The summed E-state index contributed by atoms with van der Waals surface area (Å²) in [5.41, 5.74) is 3.65. The van der Waals surface area contributed by atoms with Crippen LogP contribution in [0.3, 0.4) is 0 Å². The molecule has 1 aliphatic rings. The van der Waals surface area contributed by atoms with Crippen molar-refractivity contribution in [1.29, 1.82) is 0 Å². The van der Waals surface area contributed by atoms with Gasteiger partial charge in [-0.25, -0.2) is 0 Å². The highest BCUT2D eigenvalue weighted by Crippen LogP contribution is 2.33. The molecule has 0 amide bonds. The topological polar surface area (TPSA) is 43.7 Å². The maximum atomic E-state index is 9.45. The fraction of sp³-hybridized carbons (Fsp3) is 0.571. The van der Waals surface area contributed by atoms with E-state index in [0.29, 0.717) is 0 Å². The van der Waals surface area contributed by atoms with Gasteiger partial charge in [0.2, 0.25) is 0 Å². The number of rotatable bonds is 3. The minimum absolute atomic E-state index is 0.146. The molecule has 3 nitrogen and oxygen atoms in total. The highest BCUT2D eigenvalue weighted by molar-refractivity contribution is 5.58. The third-order valence-corrected chi connectivity index (χ3v) is 3.90. The minimum Gasteiger partial charge on any atom is -0.394 e. The van der Waals surface area contributed by atoms with Crippen LogP contribution in [0.25, 0.3) is 0 Å². The molecule has 0 saturated carbocycles. The lowest BCUT2D eigenvalue weighted by Gasteiger charge is -2.32. The molecule has 0 aromatic heterocycles. The summed E-state index contributed by atoms with van der Waals surface area (Å²) >= 11 is 0. The Morgan fingerprint density at radius 2 is 1.71 bits per heavy atom. The number of hydrogen-bond acceptors (Lipinski definition) is 3. The van der Waals surface area contributed by atoms with Crippen molar-refractivity contribution in [3.63, 3.8) is 0 Å². The Hall–Kier alpha value is -1.06. The van der Waals surface area contributed by atoms with Crippen LogP contribution in [0.1, 0.15) is 24.0 Å². The molecule has 17 heavy (non-hydrogen) atoms. The number of hydrogen-bond donors (Lipinski definition) is 2. The molecular formula is C14H21NO2. The van der Waals surface area contributed by atoms with E-state index in [0.717, 1.165) is 18.5 Å². The normalized spacial score (nSPS) is 24.4. The van der Waals surface area contributed by atoms with Crippen LogP contribution in [0, 0.1) is 13.8 Å². The van der Waals surface area contributed by atoms with E-state index >= 15 is 0 Å². The Morgan fingerprint density at radius 3 is 2.24 bits per heavy atom. The summed E-state index contributed by atoms with van der Waals surface area (Å²) in [6.07, 6.45) is 1.91. The van der Waals surface area contributed by atoms with E-state index in [1.54, 1.807) is 0 Å². The third kappa shape index (κ3) is 2.17. The fourth-order valence-corrected chi connectivity index (χ4v) is 2.73. The third-order valence-electron chi connectivity index (χ3n) is 3.90. The van der Waals surface area contributed by atoms with Gasteiger partial charge in [-0.2, -0.15) is 0 Å². The first-order chi connectivity index (χ1) is 8.19. The molecule has 1 heterocycles. The number of aliphatic hydroxyl groups is 2. The van der Waals surface area contributed by atoms with Crippen LogP contribution >= 0.6 is 0 Å². The van der Waals surface area contributed by atoms with Crippen LogP contribution in [-0.2, 0) is 0 Å². The number of aryl methyl sites for hydroxylation is 1. The van der Waals surface area contributed by atoms with Crippen molar-refractivity contribution in [3.05, 3.63) is 29.3 Å². The maximum Gasteiger partial charge on any atom is 0.0635 e. The Morgan fingerprint density at radius 1 is 1.12 bits per heavy atom. The lowest BCUT2D eigenvalue weighted by molar-refractivity contribution is 0.248. The number of nitrogens with zero attached hydrogens (tertiary/aromatic N) is 1. The second-order valence-corrected chi connectivity index (χ2v) is 4.88. The van der Waals surface area contributed by atoms with Crippen LogP contribution in [0.4, 0.5) is 5.69 Å². The summed E-state index contributed by atoms with van der Waals surface area (Å²) < 4.78 is 0. The predicted octanol–water partition coefficient (Wildman–Crippen LogP) is 1.63. The zero-order valence-electron chi connectivity index (χ0n) is 10.6. The van der Waals surface area contributed by atoms with Crippen molar-refractivity contribution in [3.8, 4) is 0 Å². The first kappa shape index (κ1) is 12.4. The van der Waals surface area contributed by atoms with E-state index in [1.165, 1.54) is 11.1 Å². The zero-order chi connectivity index (χ0) is 12.4. The molecular weight excluding hydrogens is 214 g/mol. The highest BCUT2D eigenvalue weighted by Gasteiger charge is 2.33. The van der Waals surface area contributed by atoms with E-state index in [-0.39, 0.29) is 25.3 Å². The molecule has 2 rings (SSSR count). The van der Waals surface area contributed by atoms with E-state index in [9.17, 15) is 10.2 Å². The number of benzene rings is 1. The monoisotopic (exact) mass is 235 g/mol. The van der Waals surface area contributed by atoms with Crippen molar-refractivity contribution in [2.45, 2.75) is 38.8 Å². The van der Waals surface area contributed by atoms with Gasteiger partial charge in [0, 0.05) is 5.69 Å². The first-order valence-electron chi connectivity index (χ1n) is 6.25. The van der Waals surface area contributed by atoms with Gasteiger partial charge in [-0.3, -0.25) is 0 Å². The van der Waals surface area contributed by atoms with Crippen molar-refractivity contribution >= 4 is 5.69 Å². The van der Waals surface area contributed by atoms with E-state index in [2.05, 4.69) is 30.9 Å². The van der Waals surface area contributed by atoms with Gasteiger partial charge in [-0.1, -0.05) is 12.1 Å². The molecule has 1 fully saturated rings. The van der Waals surface area contributed by atoms with Gasteiger partial charge in [-0.15, -0.1) is 0 Å². The van der Waals surface area contributed by atoms with Gasteiger partial charge in [0.25, 0.3) is 0 Å². The van der Waals surface area contributed by atoms with E-state index < -0.39 is 0 Å². The largest absolute Gasteiger partial charge is 0.394 e. The summed E-state index contributed by atoms with van der Waals surface area (Å²) in [6, 6.07) is 6.51. The van der Waals surface area contributed by atoms with Gasteiger partial charge in [0.05, 0.1) is 25.3 Å². The van der Waals surface area contributed by atoms with Crippen LogP contribution in [0.5, 0.6) is 0 Å². The van der Waals surface area contributed by atoms with Crippen molar-refractivity contribution < 1.29 is 10.2 Å². The van der Waals surface area contributed by atoms with Gasteiger partial charge in [-0.05, 0) is 43.9 Å². The molecule has 0 spiro atoms. The van der Waals surface area contributed by atoms with Crippen LogP contribution in [-0.4, -0.2) is 35.5 Å². The summed E-state index contributed by atoms with van der Waals surface area (Å²) in [5.74, 6) is 0. The number of anilines is 1. The van der Waals surface area contributed by atoms with Crippen LogP contribution in [0.15, 0.2) is 18.2 Å². The van der Waals surface area contributed by atoms with Crippen molar-refractivity contribution in [2.75, 3.05) is 18.1 Å². The average Bonchev–Trinajstić information content (AvgIpc) is 2.75. The second kappa shape index (κ2) is 5.07. The van der Waals surface area contributed by atoms with Crippen LogP contribution < -0.4 is 4.90 Å². The molecule has 1 saturated heterocycles. The number of aliphatic hydroxyl groups excluding tert-OH is 2. The molecule has 3 heteroatoms. The maximum absolute atomic E-state index is 9.45. The zero-order valence-corrected chi connectivity index (χ0v) is 10.6. The van der Waals surface area contributed by atoms with Crippen molar-refractivity contribution in [2.24, 2.45) is 0 Å². The molecule has 0 aliphatic carbocycles. The Balaban J connectivity index is 2.38. The van der Waals surface area contributed by atoms with Gasteiger partial charge >= 0.3 is 0 Å². The molecule has 1 aliphatic heterocycles. The second-order valence-electron chi connectivity index (χ2n) is 4.88. The Labute approximate surface area is 103 Å². The summed E-state index contributed by atoms with van der Waals surface area (Å²) in [7, 11) is 0. The standard InChI is InChI=1S/C14H21NO2/c1-10-4-3-5-14(11(10)2)15-12(8-16)6-7-13(15)9-17/h3-5,12-13,16-17H,6-9H2,1-2H3. The minimum atomic E-state index is 0.146. The van der Waals surface area contributed by atoms with E-state index in [4.69, 9.17) is 0 Å². The van der Waals surface area contributed by atoms with Gasteiger partial charge in [0.15, 0.2) is 0 Å². The van der Waals surface area contributed by atoms with Gasteiger partial charge in [0.1, 0.15) is 0 Å². The van der Waals surface area contributed by atoms with Crippen LogP contribution in [0.2, 0.25) is 0 Å².